The molecule has 1 heterocycles. The molecule has 0 fully saturated rings. The van der Waals surface area contributed by atoms with Crippen LogP contribution in [0.4, 0.5) is 0 Å². The Kier molecular flexibility index (Phi) is 3.66. The molecular formula is C10H16N2OS. The van der Waals surface area contributed by atoms with Crippen molar-refractivity contribution in [2.45, 2.75) is 27.2 Å². The number of nitrogen functional groups attached to an aromatic ring is 1. The molecule has 4 heteroatoms. The standard InChI is InChI=1S/C10H16N2OS/c1-6(2)4-8-5-9(10(13)12-11)14-7(8)3/h5-6H,4,11H2,1-3H3,(H,12,13). The maximum Gasteiger partial charge on any atom is 0.275 e. The topological polar surface area (TPSA) is 55.1 Å². The number of amides is 1. The van der Waals surface area contributed by atoms with Crippen LogP contribution in [0.25, 0.3) is 0 Å². The first-order chi connectivity index (χ1) is 6.54. The van der Waals surface area contributed by atoms with E-state index in [1.54, 1.807) is 0 Å². The zero-order valence-electron chi connectivity index (χ0n) is 8.76. The molecule has 78 valence electrons. The van der Waals surface area contributed by atoms with Gasteiger partial charge in [0.15, 0.2) is 0 Å². The molecule has 1 rings (SSSR count). The zero-order chi connectivity index (χ0) is 10.7. The SMILES string of the molecule is Cc1sc(C(=O)NN)cc1CC(C)C. The van der Waals surface area contributed by atoms with Crippen LogP contribution in [0.5, 0.6) is 0 Å². The summed E-state index contributed by atoms with van der Waals surface area (Å²) >= 11 is 1.50. The predicted octanol–water partition coefficient (Wildman–Crippen LogP) is 1.86. The molecule has 3 N–H and O–H groups in total. The third-order valence-corrected chi connectivity index (χ3v) is 3.10. The normalized spacial score (nSPS) is 10.6. The lowest BCUT2D eigenvalue weighted by molar-refractivity contribution is 0.0957. The molecule has 0 bridgehead atoms. The van der Waals surface area contributed by atoms with Gasteiger partial charge in [0.1, 0.15) is 0 Å². The monoisotopic (exact) mass is 212 g/mol. The number of carbonyl (C=O) groups is 1. The zero-order valence-corrected chi connectivity index (χ0v) is 9.57. The molecule has 0 aromatic carbocycles. The number of nitrogens with one attached hydrogen (secondary N) is 1. The van der Waals surface area contributed by atoms with Gasteiger partial charge in [-0.05, 0) is 30.9 Å². The van der Waals surface area contributed by atoms with E-state index < -0.39 is 0 Å². The summed E-state index contributed by atoms with van der Waals surface area (Å²) in [4.78, 5) is 13.1. The number of thiophene rings is 1. The molecule has 0 atom stereocenters. The number of hydrazine groups is 1. The molecule has 1 aromatic heterocycles. The van der Waals surface area contributed by atoms with Gasteiger partial charge >= 0.3 is 0 Å². The molecule has 0 saturated carbocycles. The summed E-state index contributed by atoms with van der Waals surface area (Å²) in [5.41, 5.74) is 3.40. The van der Waals surface area contributed by atoms with E-state index in [-0.39, 0.29) is 5.91 Å². The highest BCUT2D eigenvalue weighted by Gasteiger charge is 2.11. The van der Waals surface area contributed by atoms with Gasteiger partial charge in [0.05, 0.1) is 4.88 Å². The first-order valence-corrected chi connectivity index (χ1v) is 5.46. The Labute approximate surface area is 88.3 Å². The van der Waals surface area contributed by atoms with E-state index in [4.69, 9.17) is 5.84 Å². The van der Waals surface area contributed by atoms with Crippen LogP contribution < -0.4 is 11.3 Å². The Morgan fingerprint density at radius 3 is 2.79 bits per heavy atom. The van der Waals surface area contributed by atoms with Crippen molar-refractivity contribution in [2.24, 2.45) is 11.8 Å². The largest absolute Gasteiger partial charge is 0.289 e. The highest BCUT2D eigenvalue weighted by molar-refractivity contribution is 7.14. The lowest BCUT2D eigenvalue weighted by Gasteiger charge is -2.02. The second-order valence-electron chi connectivity index (χ2n) is 3.76. The third-order valence-electron chi connectivity index (χ3n) is 2.00. The Morgan fingerprint density at radius 2 is 2.29 bits per heavy atom. The lowest BCUT2D eigenvalue weighted by Crippen LogP contribution is -2.29. The molecule has 0 aliphatic rings. The Hall–Kier alpha value is -0.870. The molecule has 0 aliphatic carbocycles. The summed E-state index contributed by atoms with van der Waals surface area (Å²) in [5, 5.41) is 0. The molecule has 1 amide bonds. The van der Waals surface area contributed by atoms with E-state index in [1.165, 1.54) is 21.8 Å². The fraction of sp³-hybridized carbons (Fsp3) is 0.500. The fourth-order valence-corrected chi connectivity index (χ4v) is 2.30. The smallest absolute Gasteiger partial charge is 0.275 e. The Morgan fingerprint density at radius 1 is 1.64 bits per heavy atom. The van der Waals surface area contributed by atoms with Gasteiger partial charge in [-0.15, -0.1) is 11.3 Å². The highest BCUT2D eigenvalue weighted by Crippen LogP contribution is 2.23. The number of rotatable bonds is 3. The van der Waals surface area contributed by atoms with Crippen LogP contribution in [-0.4, -0.2) is 5.91 Å². The molecule has 1 aromatic rings. The van der Waals surface area contributed by atoms with Gasteiger partial charge < -0.3 is 0 Å². The minimum absolute atomic E-state index is 0.201. The molecule has 14 heavy (non-hydrogen) atoms. The highest BCUT2D eigenvalue weighted by atomic mass is 32.1. The van der Waals surface area contributed by atoms with Crippen molar-refractivity contribution < 1.29 is 4.79 Å². The van der Waals surface area contributed by atoms with Crippen LogP contribution in [0.3, 0.4) is 0 Å². The Balaban J connectivity index is 2.87. The van der Waals surface area contributed by atoms with Crippen molar-refractivity contribution >= 4 is 17.2 Å². The molecule has 3 nitrogen and oxygen atoms in total. The summed E-state index contributed by atoms with van der Waals surface area (Å²) < 4.78 is 0. The third kappa shape index (κ3) is 2.56. The average molecular weight is 212 g/mol. The van der Waals surface area contributed by atoms with Crippen molar-refractivity contribution in [3.05, 3.63) is 21.4 Å². The number of carbonyl (C=O) groups excluding carboxylic acids is 1. The second kappa shape index (κ2) is 4.57. The summed E-state index contributed by atoms with van der Waals surface area (Å²) in [6, 6.07) is 1.93. The van der Waals surface area contributed by atoms with Gasteiger partial charge in [-0.25, -0.2) is 5.84 Å². The number of nitrogens with two attached hydrogens (primary N) is 1. The predicted molar refractivity (Wildman–Crippen MR) is 59.3 cm³/mol. The van der Waals surface area contributed by atoms with Gasteiger partial charge in [-0.2, -0.15) is 0 Å². The maximum atomic E-state index is 11.2. The first kappa shape index (κ1) is 11.2. The minimum Gasteiger partial charge on any atom is -0.289 e. The van der Waals surface area contributed by atoms with E-state index in [9.17, 15) is 4.79 Å². The second-order valence-corrected chi connectivity index (χ2v) is 5.02. The quantitative estimate of drug-likeness (QED) is 0.456. The molecule has 0 saturated heterocycles. The summed E-state index contributed by atoms with van der Waals surface area (Å²) in [7, 11) is 0. The summed E-state index contributed by atoms with van der Waals surface area (Å²) in [5.74, 6) is 5.48. The van der Waals surface area contributed by atoms with Gasteiger partial charge in [0, 0.05) is 4.88 Å². The lowest BCUT2D eigenvalue weighted by atomic mass is 10.0. The molecule has 0 aliphatic heterocycles. The first-order valence-electron chi connectivity index (χ1n) is 4.64. The van der Waals surface area contributed by atoms with Crippen molar-refractivity contribution in [1.82, 2.24) is 5.43 Å². The van der Waals surface area contributed by atoms with E-state index in [1.807, 2.05) is 13.0 Å². The summed E-state index contributed by atoms with van der Waals surface area (Å²) in [6.07, 6.45) is 1.01. The number of aryl methyl sites for hydroxylation is 1. The van der Waals surface area contributed by atoms with Crippen LogP contribution in [0.1, 0.15) is 34.0 Å². The Bertz CT molecular complexity index is 331. The van der Waals surface area contributed by atoms with Crippen LogP contribution in [0, 0.1) is 12.8 Å². The fourth-order valence-electron chi connectivity index (χ4n) is 1.35. The van der Waals surface area contributed by atoms with E-state index >= 15 is 0 Å². The van der Waals surface area contributed by atoms with Gasteiger partial charge in [0.25, 0.3) is 5.91 Å². The molecule has 0 radical (unpaired) electrons. The average Bonchev–Trinajstić information content (AvgIpc) is 2.46. The molecule has 0 unspecified atom stereocenters. The van der Waals surface area contributed by atoms with Gasteiger partial charge in [-0.3, -0.25) is 10.2 Å². The van der Waals surface area contributed by atoms with Crippen LogP contribution in [0.2, 0.25) is 0 Å². The van der Waals surface area contributed by atoms with Crippen LogP contribution in [0.15, 0.2) is 6.07 Å². The minimum atomic E-state index is -0.201. The molecule has 0 spiro atoms. The maximum absolute atomic E-state index is 11.2. The van der Waals surface area contributed by atoms with Crippen molar-refractivity contribution in [2.75, 3.05) is 0 Å². The molecular weight excluding hydrogens is 196 g/mol. The van der Waals surface area contributed by atoms with E-state index in [2.05, 4.69) is 19.3 Å². The van der Waals surface area contributed by atoms with Crippen molar-refractivity contribution in [3.63, 3.8) is 0 Å². The number of hydrogen-bond acceptors (Lipinski definition) is 3. The van der Waals surface area contributed by atoms with Crippen LogP contribution >= 0.6 is 11.3 Å². The van der Waals surface area contributed by atoms with Crippen LogP contribution in [-0.2, 0) is 6.42 Å². The van der Waals surface area contributed by atoms with E-state index in [0.717, 1.165) is 6.42 Å². The van der Waals surface area contributed by atoms with Crippen molar-refractivity contribution in [1.29, 1.82) is 0 Å². The number of hydrogen-bond donors (Lipinski definition) is 2. The van der Waals surface area contributed by atoms with Crippen molar-refractivity contribution in [3.8, 4) is 0 Å². The summed E-state index contributed by atoms with van der Waals surface area (Å²) in [6.45, 7) is 6.37. The van der Waals surface area contributed by atoms with E-state index in [0.29, 0.717) is 10.8 Å². The van der Waals surface area contributed by atoms with Gasteiger partial charge in [0.2, 0.25) is 0 Å². The van der Waals surface area contributed by atoms with Gasteiger partial charge in [-0.1, -0.05) is 13.8 Å².